The molecule has 0 aliphatic heterocycles. The lowest BCUT2D eigenvalue weighted by Gasteiger charge is -2.19. The Hall–Kier alpha value is -1.71. The van der Waals surface area contributed by atoms with Gasteiger partial charge in [-0.15, -0.1) is 0 Å². The van der Waals surface area contributed by atoms with Gasteiger partial charge in [0.2, 0.25) is 0 Å². The van der Waals surface area contributed by atoms with Crippen LogP contribution in [0.2, 0.25) is 0 Å². The zero-order chi connectivity index (χ0) is 13.8. The van der Waals surface area contributed by atoms with Crippen LogP contribution in [0.5, 0.6) is 5.75 Å². The van der Waals surface area contributed by atoms with E-state index in [9.17, 15) is 4.79 Å². The van der Waals surface area contributed by atoms with Gasteiger partial charge in [-0.25, -0.2) is 4.79 Å². The third kappa shape index (κ3) is 3.44. The predicted octanol–water partition coefficient (Wildman–Crippen LogP) is 2.41. The van der Waals surface area contributed by atoms with Gasteiger partial charge >= 0.3 is 6.03 Å². The fourth-order valence-electron chi connectivity index (χ4n) is 2.67. The molecule has 2 amide bonds. The molecule has 2 N–H and O–H groups in total. The molecule has 0 heterocycles. The average molecular weight is 274 g/mol. The molecule has 3 rings (SSSR count). The highest BCUT2D eigenvalue weighted by Gasteiger charge is 2.22. The number of urea groups is 1. The van der Waals surface area contributed by atoms with Gasteiger partial charge in [-0.3, -0.25) is 0 Å². The Morgan fingerprint density at radius 3 is 2.95 bits per heavy atom. The van der Waals surface area contributed by atoms with E-state index in [-0.39, 0.29) is 6.03 Å². The van der Waals surface area contributed by atoms with Crippen molar-refractivity contribution in [3.8, 4) is 5.75 Å². The molecule has 0 radical (unpaired) electrons. The molecule has 1 aromatic rings. The summed E-state index contributed by atoms with van der Waals surface area (Å²) in [5.74, 6) is 0.992. The number of ether oxygens (including phenoxy) is 1. The fraction of sp³-hybridized carbons (Fsp3) is 0.562. The molecular formula is C16H22N2O2. The number of hydrogen-bond acceptors (Lipinski definition) is 2. The SMILES string of the molecule is O=C(NCCOc1cccc2c1CCCC2)NC1CC1. The van der Waals surface area contributed by atoms with Gasteiger partial charge in [-0.05, 0) is 55.7 Å². The van der Waals surface area contributed by atoms with Crippen molar-refractivity contribution in [1.82, 2.24) is 10.6 Å². The lowest BCUT2D eigenvalue weighted by atomic mass is 9.91. The summed E-state index contributed by atoms with van der Waals surface area (Å²) in [6.07, 6.45) is 7.02. The summed E-state index contributed by atoms with van der Waals surface area (Å²) in [6.45, 7) is 1.07. The number of rotatable bonds is 5. The fourth-order valence-corrected chi connectivity index (χ4v) is 2.67. The summed E-state index contributed by atoms with van der Waals surface area (Å²) in [5, 5.41) is 5.73. The minimum absolute atomic E-state index is 0.0776. The molecule has 0 spiro atoms. The van der Waals surface area contributed by atoms with Gasteiger partial charge in [0.15, 0.2) is 0 Å². The van der Waals surface area contributed by atoms with Crippen molar-refractivity contribution in [2.75, 3.05) is 13.2 Å². The smallest absolute Gasteiger partial charge is 0.315 e. The van der Waals surface area contributed by atoms with Crippen molar-refractivity contribution < 1.29 is 9.53 Å². The molecular weight excluding hydrogens is 252 g/mol. The highest BCUT2D eigenvalue weighted by molar-refractivity contribution is 5.74. The zero-order valence-corrected chi connectivity index (χ0v) is 11.8. The first-order valence-corrected chi connectivity index (χ1v) is 7.61. The molecule has 1 saturated carbocycles. The van der Waals surface area contributed by atoms with Crippen LogP contribution in [0, 0.1) is 0 Å². The van der Waals surface area contributed by atoms with Gasteiger partial charge in [-0.1, -0.05) is 12.1 Å². The highest BCUT2D eigenvalue weighted by Crippen LogP contribution is 2.29. The van der Waals surface area contributed by atoms with Crippen LogP contribution >= 0.6 is 0 Å². The van der Waals surface area contributed by atoms with Crippen LogP contribution in [-0.4, -0.2) is 25.2 Å². The second-order valence-corrected chi connectivity index (χ2v) is 5.62. The Bertz CT molecular complexity index is 483. The average Bonchev–Trinajstić information content (AvgIpc) is 3.27. The number of nitrogens with one attached hydrogen (secondary N) is 2. The van der Waals surface area contributed by atoms with Crippen molar-refractivity contribution in [3.05, 3.63) is 29.3 Å². The molecule has 1 aromatic carbocycles. The molecule has 20 heavy (non-hydrogen) atoms. The summed E-state index contributed by atoms with van der Waals surface area (Å²) in [5.41, 5.74) is 2.79. The number of carbonyl (C=O) groups excluding carboxylic acids is 1. The largest absolute Gasteiger partial charge is 0.491 e. The van der Waals surface area contributed by atoms with Gasteiger partial charge in [0.25, 0.3) is 0 Å². The van der Waals surface area contributed by atoms with Gasteiger partial charge in [0.05, 0.1) is 6.54 Å². The Morgan fingerprint density at radius 2 is 2.10 bits per heavy atom. The molecule has 1 fully saturated rings. The van der Waals surface area contributed by atoms with Crippen LogP contribution in [0.4, 0.5) is 4.79 Å². The van der Waals surface area contributed by atoms with Crippen LogP contribution in [0.3, 0.4) is 0 Å². The van der Waals surface area contributed by atoms with Gasteiger partial charge < -0.3 is 15.4 Å². The molecule has 108 valence electrons. The Balaban J connectivity index is 1.45. The van der Waals surface area contributed by atoms with Crippen LogP contribution in [0.25, 0.3) is 0 Å². The molecule has 4 nitrogen and oxygen atoms in total. The van der Waals surface area contributed by atoms with Crippen LogP contribution < -0.4 is 15.4 Å². The lowest BCUT2D eigenvalue weighted by Crippen LogP contribution is -2.38. The maximum absolute atomic E-state index is 11.5. The first-order chi connectivity index (χ1) is 9.83. The van der Waals surface area contributed by atoms with Crippen molar-refractivity contribution in [1.29, 1.82) is 0 Å². The van der Waals surface area contributed by atoms with E-state index in [2.05, 4.69) is 22.8 Å². The van der Waals surface area contributed by atoms with E-state index < -0.39 is 0 Å². The highest BCUT2D eigenvalue weighted by atomic mass is 16.5. The Kier molecular flexibility index (Phi) is 4.09. The summed E-state index contributed by atoms with van der Waals surface area (Å²) in [7, 11) is 0. The molecule has 0 bridgehead atoms. The van der Waals surface area contributed by atoms with E-state index >= 15 is 0 Å². The maximum Gasteiger partial charge on any atom is 0.315 e. The second kappa shape index (κ2) is 6.16. The summed E-state index contributed by atoms with van der Waals surface area (Å²) >= 11 is 0. The number of aryl methyl sites for hydroxylation is 1. The van der Waals surface area contributed by atoms with Gasteiger partial charge in [-0.2, -0.15) is 0 Å². The maximum atomic E-state index is 11.5. The first kappa shape index (κ1) is 13.3. The number of fused-ring (bicyclic) bond motifs is 1. The second-order valence-electron chi connectivity index (χ2n) is 5.62. The van der Waals surface area contributed by atoms with Gasteiger partial charge in [0.1, 0.15) is 12.4 Å². The minimum Gasteiger partial charge on any atom is -0.491 e. The van der Waals surface area contributed by atoms with Crippen LogP contribution in [0.1, 0.15) is 36.8 Å². The molecule has 0 unspecified atom stereocenters. The van der Waals surface area contributed by atoms with E-state index in [0.717, 1.165) is 31.4 Å². The first-order valence-electron chi connectivity index (χ1n) is 7.61. The summed E-state index contributed by atoms with van der Waals surface area (Å²) in [4.78, 5) is 11.5. The zero-order valence-electron chi connectivity index (χ0n) is 11.8. The van der Waals surface area contributed by atoms with Gasteiger partial charge in [0, 0.05) is 6.04 Å². The standard InChI is InChI=1S/C16H22N2O2/c19-16(18-13-8-9-13)17-10-11-20-15-7-3-5-12-4-1-2-6-14(12)15/h3,5,7,13H,1-2,4,6,8-11H2,(H2,17,18,19). The van der Waals surface area contributed by atoms with E-state index in [1.54, 1.807) is 0 Å². The third-order valence-corrected chi connectivity index (χ3v) is 3.91. The number of benzene rings is 1. The predicted molar refractivity (Wildman–Crippen MR) is 78.1 cm³/mol. The molecule has 0 saturated heterocycles. The summed E-state index contributed by atoms with van der Waals surface area (Å²) < 4.78 is 5.83. The molecule has 2 aliphatic carbocycles. The third-order valence-electron chi connectivity index (χ3n) is 3.91. The van der Waals surface area contributed by atoms with E-state index in [4.69, 9.17) is 4.74 Å². The molecule has 2 aliphatic rings. The van der Waals surface area contributed by atoms with Crippen LogP contribution in [0.15, 0.2) is 18.2 Å². The number of amides is 2. The Labute approximate surface area is 119 Å². The van der Waals surface area contributed by atoms with E-state index in [1.807, 2.05) is 6.07 Å². The van der Waals surface area contributed by atoms with Crippen molar-refractivity contribution in [2.24, 2.45) is 0 Å². The van der Waals surface area contributed by atoms with E-state index in [0.29, 0.717) is 19.2 Å². The molecule has 0 atom stereocenters. The van der Waals surface area contributed by atoms with Crippen LogP contribution in [-0.2, 0) is 12.8 Å². The van der Waals surface area contributed by atoms with Crippen molar-refractivity contribution >= 4 is 6.03 Å². The van der Waals surface area contributed by atoms with E-state index in [1.165, 1.54) is 24.0 Å². The molecule has 0 aromatic heterocycles. The monoisotopic (exact) mass is 274 g/mol. The van der Waals surface area contributed by atoms with Crippen molar-refractivity contribution in [2.45, 2.75) is 44.6 Å². The number of carbonyl (C=O) groups is 1. The quantitative estimate of drug-likeness (QED) is 0.810. The summed E-state index contributed by atoms with van der Waals surface area (Å²) in [6, 6.07) is 6.62. The lowest BCUT2D eigenvalue weighted by molar-refractivity contribution is 0.236. The minimum atomic E-state index is -0.0776. The molecule has 4 heteroatoms. The number of hydrogen-bond donors (Lipinski definition) is 2. The van der Waals surface area contributed by atoms with Crippen molar-refractivity contribution in [3.63, 3.8) is 0 Å². The normalized spacial score (nSPS) is 17.2. The topological polar surface area (TPSA) is 50.4 Å². The Morgan fingerprint density at radius 1 is 1.25 bits per heavy atom.